The highest BCUT2D eigenvalue weighted by molar-refractivity contribution is 7.99. The minimum atomic E-state index is 0.129. The van der Waals surface area contributed by atoms with E-state index in [1.165, 1.54) is 0 Å². The first kappa shape index (κ1) is 14.9. The molecule has 1 aromatic rings. The third-order valence-corrected chi connectivity index (χ3v) is 3.38. The third-order valence-electron chi connectivity index (χ3n) is 2.36. The molecule has 0 fully saturated rings. The van der Waals surface area contributed by atoms with E-state index >= 15 is 0 Å². The van der Waals surface area contributed by atoms with Crippen LogP contribution in [0.25, 0.3) is 0 Å². The first-order valence-electron chi connectivity index (χ1n) is 6.15. The molecule has 100 valence electrons. The molecule has 0 saturated carbocycles. The monoisotopic (exact) mass is 267 g/mol. The average molecular weight is 267 g/mol. The van der Waals surface area contributed by atoms with Crippen molar-refractivity contribution in [1.82, 2.24) is 5.32 Å². The summed E-state index contributed by atoms with van der Waals surface area (Å²) in [5.74, 6) is 2.29. The highest BCUT2D eigenvalue weighted by Gasteiger charge is 2.03. The maximum absolute atomic E-state index is 11.5. The molecule has 18 heavy (non-hydrogen) atoms. The first-order chi connectivity index (χ1) is 8.61. The van der Waals surface area contributed by atoms with Crippen LogP contribution in [0.1, 0.15) is 20.3 Å². The largest absolute Gasteiger partial charge is 0.497 e. The Bertz CT molecular complexity index is 363. The van der Waals surface area contributed by atoms with Crippen LogP contribution in [0.4, 0.5) is 0 Å². The molecule has 1 aromatic carbocycles. The van der Waals surface area contributed by atoms with Gasteiger partial charge in [-0.3, -0.25) is 4.79 Å². The van der Waals surface area contributed by atoms with E-state index in [4.69, 9.17) is 4.74 Å². The first-order valence-corrected chi connectivity index (χ1v) is 7.14. The van der Waals surface area contributed by atoms with Crippen LogP contribution in [0.2, 0.25) is 0 Å². The standard InChI is InChI=1S/C14H21NO2S/c1-11(2)10-15-14(16)8-9-18-13-6-4-12(17-3)5-7-13/h4-7,11H,8-10H2,1-3H3,(H,15,16). The zero-order chi connectivity index (χ0) is 13.4. The predicted molar refractivity (Wildman–Crippen MR) is 76.2 cm³/mol. The Morgan fingerprint density at radius 3 is 2.56 bits per heavy atom. The van der Waals surface area contributed by atoms with E-state index in [2.05, 4.69) is 19.2 Å². The Hall–Kier alpha value is -1.16. The average Bonchev–Trinajstić information content (AvgIpc) is 2.37. The van der Waals surface area contributed by atoms with Gasteiger partial charge in [0.15, 0.2) is 0 Å². The van der Waals surface area contributed by atoms with Gasteiger partial charge in [0.1, 0.15) is 5.75 Å². The number of benzene rings is 1. The summed E-state index contributed by atoms with van der Waals surface area (Å²) in [6.45, 7) is 4.94. The van der Waals surface area contributed by atoms with Crippen LogP contribution < -0.4 is 10.1 Å². The Labute approximate surface area is 113 Å². The predicted octanol–water partition coefficient (Wildman–Crippen LogP) is 2.95. The number of ether oxygens (including phenoxy) is 1. The molecule has 0 spiro atoms. The van der Waals surface area contributed by atoms with Crippen LogP contribution in [0.3, 0.4) is 0 Å². The van der Waals surface area contributed by atoms with E-state index in [0.29, 0.717) is 12.3 Å². The van der Waals surface area contributed by atoms with Crippen LogP contribution in [-0.2, 0) is 4.79 Å². The Balaban J connectivity index is 2.22. The molecule has 1 amide bonds. The zero-order valence-electron chi connectivity index (χ0n) is 11.2. The molecule has 0 heterocycles. The SMILES string of the molecule is COc1ccc(SCCC(=O)NCC(C)C)cc1. The molecule has 1 rings (SSSR count). The lowest BCUT2D eigenvalue weighted by Gasteiger charge is -2.07. The second-order valence-corrected chi connectivity index (χ2v) is 5.64. The molecule has 0 aliphatic rings. The van der Waals surface area contributed by atoms with Crippen molar-refractivity contribution in [2.45, 2.75) is 25.2 Å². The van der Waals surface area contributed by atoms with Gasteiger partial charge in [-0.05, 0) is 30.2 Å². The molecule has 3 nitrogen and oxygen atoms in total. The van der Waals surface area contributed by atoms with Gasteiger partial charge in [-0.1, -0.05) is 13.8 Å². The number of nitrogens with one attached hydrogen (secondary N) is 1. The van der Waals surface area contributed by atoms with E-state index in [0.717, 1.165) is 22.9 Å². The van der Waals surface area contributed by atoms with Gasteiger partial charge >= 0.3 is 0 Å². The fourth-order valence-corrected chi connectivity index (χ4v) is 2.19. The van der Waals surface area contributed by atoms with Crippen molar-refractivity contribution in [2.24, 2.45) is 5.92 Å². The lowest BCUT2D eigenvalue weighted by atomic mass is 10.2. The maximum Gasteiger partial charge on any atom is 0.220 e. The topological polar surface area (TPSA) is 38.3 Å². The van der Waals surface area contributed by atoms with E-state index < -0.39 is 0 Å². The highest BCUT2D eigenvalue weighted by Crippen LogP contribution is 2.21. The third kappa shape index (κ3) is 5.96. The zero-order valence-corrected chi connectivity index (χ0v) is 12.0. The van der Waals surface area contributed by atoms with Crippen molar-refractivity contribution < 1.29 is 9.53 Å². The lowest BCUT2D eigenvalue weighted by molar-refractivity contribution is -0.120. The highest BCUT2D eigenvalue weighted by atomic mass is 32.2. The second-order valence-electron chi connectivity index (χ2n) is 4.47. The number of amides is 1. The quantitative estimate of drug-likeness (QED) is 0.772. The summed E-state index contributed by atoms with van der Waals surface area (Å²) < 4.78 is 5.09. The number of methoxy groups -OCH3 is 1. The Morgan fingerprint density at radius 1 is 1.33 bits per heavy atom. The van der Waals surface area contributed by atoms with Gasteiger partial charge in [0, 0.05) is 23.6 Å². The molecule has 1 N–H and O–H groups in total. The molecule has 0 radical (unpaired) electrons. The number of carbonyl (C=O) groups excluding carboxylic acids is 1. The number of hydrogen-bond acceptors (Lipinski definition) is 3. The summed E-state index contributed by atoms with van der Waals surface area (Å²) in [5, 5.41) is 2.91. The van der Waals surface area contributed by atoms with Crippen molar-refractivity contribution in [2.75, 3.05) is 19.4 Å². The number of rotatable bonds is 7. The van der Waals surface area contributed by atoms with Crippen molar-refractivity contribution in [3.8, 4) is 5.75 Å². The Morgan fingerprint density at radius 2 is 2.00 bits per heavy atom. The van der Waals surface area contributed by atoms with Gasteiger partial charge in [0.2, 0.25) is 5.91 Å². The summed E-state index contributed by atoms with van der Waals surface area (Å²) in [7, 11) is 1.65. The molecule has 0 aliphatic heterocycles. The fraction of sp³-hybridized carbons (Fsp3) is 0.500. The molecule has 0 atom stereocenters. The molecule has 0 aromatic heterocycles. The molecule has 0 aliphatic carbocycles. The Kier molecular flexibility index (Phi) is 6.65. The van der Waals surface area contributed by atoms with Crippen LogP contribution in [0, 0.1) is 5.92 Å². The summed E-state index contributed by atoms with van der Waals surface area (Å²) >= 11 is 1.69. The molecule has 0 bridgehead atoms. The minimum absolute atomic E-state index is 0.129. The smallest absolute Gasteiger partial charge is 0.220 e. The van der Waals surface area contributed by atoms with Crippen molar-refractivity contribution in [1.29, 1.82) is 0 Å². The maximum atomic E-state index is 11.5. The van der Waals surface area contributed by atoms with Gasteiger partial charge in [-0.25, -0.2) is 0 Å². The fourth-order valence-electron chi connectivity index (χ4n) is 1.34. The second kappa shape index (κ2) is 8.03. The van der Waals surface area contributed by atoms with Gasteiger partial charge in [-0.15, -0.1) is 11.8 Å². The van der Waals surface area contributed by atoms with E-state index in [1.807, 2.05) is 24.3 Å². The summed E-state index contributed by atoms with van der Waals surface area (Å²) in [4.78, 5) is 12.7. The van der Waals surface area contributed by atoms with Crippen molar-refractivity contribution in [3.05, 3.63) is 24.3 Å². The number of thioether (sulfide) groups is 1. The van der Waals surface area contributed by atoms with Crippen LogP contribution in [0.5, 0.6) is 5.75 Å². The summed E-state index contributed by atoms with van der Waals surface area (Å²) in [6.07, 6.45) is 0.559. The molecule has 0 unspecified atom stereocenters. The molecule has 4 heteroatoms. The van der Waals surface area contributed by atoms with E-state index in [9.17, 15) is 4.79 Å². The van der Waals surface area contributed by atoms with E-state index in [-0.39, 0.29) is 5.91 Å². The molecule has 0 saturated heterocycles. The number of carbonyl (C=O) groups is 1. The van der Waals surface area contributed by atoms with Gasteiger partial charge in [0.25, 0.3) is 0 Å². The van der Waals surface area contributed by atoms with Gasteiger partial charge in [-0.2, -0.15) is 0 Å². The summed E-state index contributed by atoms with van der Waals surface area (Å²) in [6, 6.07) is 7.88. The molecular formula is C14H21NO2S. The molecular weight excluding hydrogens is 246 g/mol. The van der Waals surface area contributed by atoms with Crippen LogP contribution in [0.15, 0.2) is 29.2 Å². The van der Waals surface area contributed by atoms with Crippen LogP contribution >= 0.6 is 11.8 Å². The normalized spacial score (nSPS) is 10.4. The van der Waals surface area contributed by atoms with Gasteiger partial charge in [0.05, 0.1) is 7.11 Å². The van der Waals surface area contributed by atoms with E-state index in [1.54, 1.807) is 18.9 Å². The lowest BCUT2D eigenvalue weighted by Crippen LogP contribution is -2.27. The minimum Gasteiger partial charge on any atom is -0.497 e. The number of hydrogen-bond donors (Lipinski definition) is 1. The summed E-state index contributed by atoms with van der Waals surface area (Å²) in [5.41, 5.74) is 0. The van der Waals surface area contributed by atoms with Gasteiger partial charge < -0.3 is 10.1 Å². The van der Waals surface area contributed by atoms with Crippen LogP contribution in [-0.4, -0.2) is 25.3 Å². The van der Waals surface area contributed by atoms with Crippen molar-refractivity contribution in [3.63, 3.8) is 0 Å². The van der Waals surface area contributed by atoms with Crippen molar-refractivity contribution >= 4 is 17.7 Å².